The van der Waals surface area contributed by atoms with Crippen LogP contribution in [0.5, 0.6) is 5.88 Å². The predicted octanol–water partition coefficient (Wildman–Crippen LogP) is 1.90. The van der Waals surface area contributed by atoms with Crippen molar-refractivity contribution in [3.05, 3.63) is 23.9 Å². The summed E-state index contributed by atoms with van der Waals surface area (Å²) < 4.78 is 5.64. The van der Waals surface area contributed by atoms with E-state index in [9.17, 15) is 0 Å². The van der Waals surface area contributed by atoms with Crippen molar-refractivity contribution in [3.63, 3.8) is 0 Å². The van der Waals surface area contributed by atoms with Crippen molar-refractivity contribution < 1.29 is 4.74 Å². The van der Waals surface area contributed by atoms with Gasteiger partial charge in [-0.05, 0) is 18.7 Å². The number of aliphatic imine (C=N–C) groups is 1. The van der Waals surface area contributed by atoms with Crippen molar-refractivity contribution in [1.29, 1.82) is 0 Å². The third kappa shape index (κ3) is 6.14. The van der Waals surface area contributed by atoms with Crippen LogP contribution in [0.15, 0.2) is 23.3 Å². The largest absolute Gasteiger partial charge is 0.477 e. The van der Waals surface area contributed by atoms with Crippen LogP contribution in [0, 0.1) is 0 Å². The van der Waals surface area contributed by atoms with E-state index in [4.69, 9.17) is 4.74 Å². The molecule has 112 valence electrons. The van der Waals surface area contributed by atoms with Crippen molar-refractivity contribution in [2.75, 3.05) is 32.2 Å². The highest BCUT2D eigenvalue weighted by Crippen LogP contribution is 2.13. The third-order valence-corrected chi connectivity index (χ3v) is 3.17. The standard InChI is InChI=1S/C14H24N4OS/c1-4-9-19-13-12(6-5-7-16-13)11-18-14(15-2)17-8-10-20-3/h5-7H,4,8-11H2,1-3H3,(H2,15,17,18). The average molecular weight is 296 g/mol. The van der Waals surface area contributed by atoms with Crippen molar-refractivity contribution in [3.8, 4) is 5.88 Å². The first-order chi connectivity index (χ1) is 9.81. The zero-order valence-electron chi connectivity index (χ0n) is 12.5. The number of nitrogens with zero attached hydrogens (tertiary/aromatic N) is 2. The van der Waals surface area contributed by atoms with E-state index in [2.05, 4.69) is 33.8 Å². The molecule has 0 radical (unpaired) electrons. The first-order valence-corrected chi connectivity index (χ1v) is 8.21. The summed E-state index contributed by atoms with van der Waals surface area (Å²) in [5.41, 5.74) is 1.04. The van der Waals surface area contributed by atoms with E-state index in [1.54, 1.807) is 25.0 Å². The number of hydrogen-bond donors (Lipinski definition) is 2. The van der Waals surface area contributed by atoms with Gasteiger partial charge in [-0.2, -0.15) is 11.8 Å². The number of thioether (sulfide) groups is 1. The fourth-order valence-corrected chi connectivity index (χ4v) is 1.86. The monoisotopic (exact) mass is 296 g/mol. The Morgan fingerprint density at radius 1 is 1.45 bits per heavy atom. The molecule has 0 saturated heterocycles. The van der Waals surface area contributed by atoms with Crippen LogP contribution >= 0.6 is 11.8 Å². The molecule has 1 heterocycles. The molecule has 2 N–H and O–H groups in total. The van der Waals surface area contributed by atoms with Gasteiger partial charge in [0.25, 0.3) is 0 Å². The summed E-state index contributed by atoms with van der Waals surface area (Å²) >= 11 is 1.80. The molecule has 0 unspecified atom stereocenters. The van der Waals surface area contributed by atoms with Gasteiger partial charge in [-0.15, -0.1) is 0 Å². The first-order valence-electron chi connectivity index (χ1n) is 6.82. The van der Waals surface area contributed by atoms with E-state index >= 15 is 0 Å². The van der Waals surface area contributed by atoms with Crippen LogP contribution in [0.2, 0.25) is 0 Å². The Morgan fingerprint density at radius 3 is 3.00 bits per heavy atom. The fourth-order valence-electron chi connectivity index (χ4n) is 1.56. The Labute approximate surface area is 125 Å². The Bertz CT molecular complexity index is 412. The van der Waals surface area contributed by atoms with E-state index in [1.165, 1.54) is 0 Å². The molecule has 1 rings (SSSR count). The second kappa shape index (κ2) is 10.4. The number of nitrogens with one attached hydrogen (secondary N) is 2. The van der Waals surface area contributed by atoms with E-state index in [0.29, 0.717) is 19.0 Å². The Hall–Kier alpha value is -1.43. The van der Waals surface area contributed by atoms with Gasteiger partial charge in [0.1, 0.15) is 0 Å². The Kier molecular flexibility index (Phi) is 8.62. The SMILES string of the molecule is CCCOc1ncccc1CNC(=NC)NCCSC. The predicted molar refractivity (Wildman–Crippen MR) is 86.6 cm³/mol. The quantitative estimate of drug-likeness (QED) is 0.436. The van der Waals surface area contributed by atoms with Crippen molar-refractivity contribution >= 4 is 17.7 Å². The highest BCUT2D eigenvalue weighted by Gasteiger charge is 2.05. The molecule has 0 aliphatic rings. The number of ether oxygens (including phenoxy) is 1. The van der Waals surface area contributed by atoms with Gasteiger partial charge < -0.3 is 15.4 Å². The lowest BCUT2D eigenvalue weighted by molar-refractivity contribution is 0.301. The summed E-state index contributed by atoms with van der Waals surface area (Å²) in [6, 6.07) is 3.93. The minimum absolute atomic E-state index is 0.645. The zero-order valence-corrected chi connectivity index (χ0v) is 13.3. The van der Waals surface area contributed by atoms with E-state index in [1.807, 2.05) is 12.1 Å². The lowest BCUT2D eigenvalue weighted by atomic mass is 10.2. The van der Waals surface area contributed by atoms with Gasteiger partial charge >= 0.3 is 0 Å². The number of hydrogen-bond acceptors (Lipinski definition) is 4. The van der Waals surface area contributed by atoms with Crippen LogP contribution in [0.1, 0.15) is 18.9 Å². The first kappa shape index (κ1) is 16.6. The number of rotatable bonds is 8. The van der Waals surface area contributed by atoms with Crippen LogP contribution in [-0.2, 0) is 6.54 Å². The van der Waals surface area contributed by atoms with Gasteiger partial charge in [-0.1, -0.05) is 13.0 Å². The van der Waals surface area contributed by atoms with Crippen LogP contribution in [0.4, 0.5) is 0 Å². The topological polar surface area (TPSA) is 58.5 Å². The smallest absolute Gasteiger partial charge is 0.218 e. The number of aromatic nitrogens is 1. The fraction of sp³-hybridized carbons (Fsp3) is 0.571. The molecule has 0 bridgehead atoms. The van der Waals surface area contributed by atoms with Crippen LogP contribution in [-0.4, -0.2) is 43.2 Å². The molecule has 0 amide bonds. The van der Waals surface area contributed by atoms with Gasteiger partial charge in [0.2, 0.25) is 5.88 Å². The molecule has 5 nitrogen and oxygen atoms in total. The maximum atomic E-state index is 5.64. The van der Waals surface area contributed by atoms with Gasteiger partial charge in [-0.25, -0.2) is 4.98 Å². The Balaban J connectivity index is 2.50. The van der Waals surface area contributed by atoms with Crippen molar-refractivity contribution in [2.45, 2.75) is 19.9 Å². The van der Waals surface area contributed by atoms with Crippen LogP contribution in [0.25, 0.3) is 0 Å². The lowest BCUT2D eigenvalue weighted by Crippen LogP contribution is -2.38. The van der Waals surface area contributed by atoms with Crippen LogP contribution < -0.4 is 15.4 Å². The average Bonchev–Trinajstić information content (AvgIpc) is 2.49. The molecule has 0 aliphatic heterocycles. The summed E-state index contributed by atoms with van der Waals surface area (Å²) in [4.78, 5) is 8.46. The maximum absolute atomic E-state index is 5.64. The molecule has 20 heavy (non-hydrogen) atoms. The summed E-state index contributed by atoms with van der Waals surface area (Å²) in [6.45, 7) is 4.31. The van der Waals surface area contributed by atoms with Gasteiger partial charge in [0.05, 0.1) is 6.61 Å². The van der Waals surface area contributed by atoms with E-state index in [0.717, 1.165) is 30.2 Å². The normalized spacial score (nSPS) is 11.2. The molecular formula is C14H24N4OS. The molecule has 0 saturated carbocycles. The molecule has 0 aliphatic carbocycles. The van der Waals surface area contributed by atoms with Gasteiger partial charge in [-0.3, -0.25) is 4.99 Å². The number of guanidine groups is 1. The number of pyridine rings is 1. The summed E-state index contributed by atoms with van der Waals surface area (Å²) in [7, 11) is 1.77. The molecule has 0 aromatic carbocycles. The third-order valence-electron chi connectivity index (χ3n) is 2.56. The van der Waals surface area contributed by atoms with Crippen molar-refractivity contribution in [1.82, 2.24) is 15.6 Å². The van der Waals surface area contributed by atoms with E-state index in [-0.39, 0.29) is 0 Å². The molecule has 0 fully saturated rings. The highest BCUT2D eigenvalue weighted by atomic mass is 32.2. The molecule has 0 atom stereocenters. The highest BCUT2D eigenvalue weighted by molar-refractivity contribution is 7.98. The maximum Gasteiger partial charge on any atom is 0.218 e. The molecule has 0 spiro atoms. The molecule has 6 heteroatoms. The van der Waals surface area contributed by atoms with Gasteiger partial charge in [0.15, 0.2) is 5.96 Å². The summed E-state index contributed by atoms with van der Waals surface area (Å²) in [5.74, 6) is 2.55. The summed E-state index contributed by atoms with van der Waals surface area (Å²) in [5, 5.41) is 6.53. The lowest BCUT2D eigenvalue weighted by Gasteiger charge is -2.13. The molecule has 1 aromatic rings. The van der Waals surface area contributed by atoms with Gasteiger partial charge in [0, 0.05) is 37.7 Å². The molecule has 1 aromatic heterocycles. The minimum atomic E-state index is 0.645. The van der Waals surface area contributed by atoms with E-state index < -0.39 is 0 Å². The zero-order chi connectivity index (χ0) is 14.6. The summed E-state index contributed by atoms with van der Waals surface area (Å²) in [6.07, 6.45) is 4.81. The molecular weight excluding hydrogens is 272 g/mol. The second-order valence-corrected chi connectivity index (χ2v) is 5.15. The van der Waals surface area contributed by atoms with Crippen LogP contribution in [0.3, 0.4) is 0 Å². The second-order valence-electron chi connectivity index (χ2n) is 4.16. The Morgan fingerprint density at radius 2 is 2.30 bits per heavy atom. The minimum Gasteiger partial charge on any atom is -0.477 e. The van der Waals surface area contributed by atoms with Crippen molar-refractivity contribution in [2.24, 2.45) is 4.99 Å².